The van der Waals surface area contributed by atoms with Gasteiger partial charge >= 0.3 is 5.97 Å². The highest BCUT2D eigenvalue weighted by Crippen LogP contribution is 2.22. The van der Waals surface area contributed by atoms with E-state index in [4.69, 9.17) is 16.3 Å². The van der Waals surface area contributed by atoms with Crippen molar-refractivity contribution in [2.75, 3.05) is 5.32 Å². The van der Waals surface area contributed by atoms with Gasteiger partial charge in [0.05, 0.1) is 16.3 Å². The summed E-state index contributed by atoms with van der Waals surface area (Å²) in [5.74, 6) is -2.93. The van der Waals surface area contributed by atoms with E-state index in [1.807, 2.05) is 0 Å². The van der Waals surface area contributed by atoms with Crippen molar-refractivity contribution in [1.82, 2.24) is 0 Å². The third-order valence-corrected chi connectivity index (χ3v) is 3.25. The van der Waals surface area contributed by atoms with Gasteiger partial charge < -0.3 is 10.1 Å². The van der Waals surface area contributed by atoms with Gasteiger partial charge in [0.2, 0.25) is 0 Å². The van der Waals surface area contributed by atoms with E-state index in [2.05, 4.69) is 5.32 Å². The van der Waals surface area contributed by atoms with Gasteiger partial charge in [-0.15, -0.1) is 0 Å². The Morgan fingerprint density at radius 3 is 2.52 bits per heavy atom. The number of hydrogen-bond acceptors (Lipinski definition) is 3. The zero-order valence-corrected chi connectivity index (χ0v) is 12.7. The number of nitrogens with one attached hydrogen (secondary N) is 1. The fourth-order valence-electron chi connectivity index (χ4n) is 1.73. The van der Waals surface area contributed by atoms with Crippen LogP contribution in [-0.2, 0) is 9.53 Å². The summed E-state index contributed by atoms with van der Waals surface area (Å²) in [6.45, 7) is 1.32. The fraction of sp³-hybridized carbons (Fsp3) is 0.125. The third kappa shape index (κ3) is 4.26. The van der Waals surface area contributed by atoms with Crippen LogP contribution in [0.4, 0.5) is 14.5 Å². The lowest BCUT2D eigenvalue weighted by Gasteiger charge is -2.14. The Hall–Kier alpha value is -2.47. The Balaban J connectivity index is 2.03. The molecule has 0 spiro atoms. The average molecular weight is 340 g/mol. The maximum Gasteiger partial charge on any atom is 0.341 e. The average Bonchev–Trinajstić information content (AvgIpc) is 2.50. The van der Waals surface area contributed by atoms with E-state index in [1.165, 1.54) is 31.2 Å². The smallest absolute Gasteiger partial charge is 0.341 e. The second-order valence-electron chi connectivity index (χ2n) is 4.64. The Kier molecular flexibility index (Phi) is 5.28. The van der Waals surface area contributed by atoms with E-state index >= 15 is 0 Å². The van der Waals surface area contributed by atoms with Gasteiger partial charge in [-0.25, -0.2) is 13.6 Å². The SMILES string of the molecule is C[C@H](OC(=O)c1ccccc1F)C(=O)Nc1ccc(F)cc1Cl. The van der Waals surface area contributed by atoms with Crippen molar-refractivity contribution in [2.45, 2.75) is 13.0 Å². The number of amides is 1. The number of halogens is 3. The molecular formula is C16H12ClF2NO3. The molecule has 2 aromatic carbocycles. The highest BCUT2D eigenvalue weighted by atomic mass is 35.5. The van der Waals surface area contributed by atoms with Crippen molar-refractivity contribution in [1.29, 1.82) is 0 Å². The van der Waals surface area contributed by atoms with Crippen LogP contribution in [0, 0.1) is 11.6 Å². The molecule has 1 amide bonds. The molecule has 0 aromatic heterocycles. The fourth-order valence-corrected chi connectivity index (χ4v) is 1.94. The number of esters is 1. The summed E-state index contributed by atoms with van der Waals surface area (Å²) < 4.78 is 31.3. The molecule has 0 radical (unpaired) electrons. The predicted octanol–water partition coefficient (Wildman–Crippen LogP) is 3.80. The van der Waals surface area contributed by atoms with Gasteiger partial charge in [-0.3, -0.25) is 4.79 Å². The zero-order chi connectivity index (χ0) is 17.0. The first-order chi connectivity index (χ1) is 10.9. The van der Waals surface area contributed by atoms with E-state index in [-0.39, 0.29) is 16.3 Å². The molecule has 2 rings (SSSR count). The molecule has 0 saturated heterocycles. The summed E-state index contributed by atoms with van der Waals surface area (Å²) in [5.41, 5.74) is -0.0983. The van der Waals surface area contributed by atoms with Crippen molar-refractivity contribution in [3.05, 3.63) is 64.7 Å². The lowest BCUT2D eigenvalue weighted by atomic mass is 10.2. The minimum absolute atomic E-state index is 0.00554. The molecule has 0 saturated carbocycles. The van der Waals surface area contributed by atoms with Crippen molar-refractivity contribution in [3.8, 4) is 0 Å². The highest BCUT2D eigenvalue weighted by molar-refractivity contribution is 6.33. The molecule has 1 N–H and O–H groups in total. The van der Waals surface area contributed by atoms with Crippen molar-refractivity contribution in [2.24, 2.45) is 0 Å². The normalized spacial score (nSPS) is 11.7. The number of anilines is 1. The second kappa shape index (κ2) is 7.19. The lowest BCUT2D eigenvalue weighted by molar-refractivity contribution is -0.123. The van der Waals surface area contributed by atoms with Crippen LogP contribution in [0.3, 0.4) is 0 Å². The van der Waals surface area contributed by atoms with Gasteiger partial charge in [0.1, 0.15) is 11.6 Å². The molecule has 0 unspecified atom stereocenters. The van der Waals surface area contributed by atoms with Crippen LogP contribution in [-0.4, -0.2) is 18.0 Å². The highest BCUT2D eigenvalue weighted by Gasteiger charge is 2.21. The first kappa shape index (κ1) is 16.9. The van der Waals surface area contributed by atoms with Gasteiger partial charge in [-0.05, 0) is 37.3 Å². The molecular weight excluding hydrogens is 328 g/mol. The Morgan fingerprint density at radius 1 is 1.17 bits per heavy atom. The molecule has 4 nitrogen and oxygen atoms in total. The van der Waals surface area contributed by atoms with Crippen LogP contribution in [0.5, 0.6) is 0 Å². The monoisotopic (exact) mass is 339 g/mol. The van der Waals surface area contributed by atoms with Crippen molar-refractivity contribution in [3.63, 3.8) is 0 Å². The number of benzene rings is 2. The number of ether oxygens (including phenoxy) is 1. The van der Waals surface area contributed by atoms with Crippen LogP contribution in [0.2, 0.25) is 5.02 Å². The van der Waals surface area contributed by atoms with Crippen LogP contribution in [0.25, 0.3) is 0 Å². The summed E-state index contributed by atoms with van der Waals surface area (Å²) in [4.78, 5) is 23.8. The maximum absolute atomic E-state index is 13.5. The molecule has 23 heavy (non-hydrogen) atoms. The molecule has 0 aliphatic heterocycles. The molecule has 7 heteroatoms. The first-order valence-electron chi connectivity index (χ1n) is 6.60. The molecule has 0 heterocycles. The quantitative estimate of drug-likeness (QED) is 0.862. The molecule has 2 aromatic rings. The maximum atomic E-state index is 13.5. The van der Waals surface area contributed by atoms with Crippen molar-refractivity contribution >= 4 is 29.2 Å². The molecule has 0 fully saturated rings. The van der Waals surface area contributed by atoms with Crippen molar-refractivity contribution < 1.29 is 23.1 Å². The van der Waals surface area contributed by atoms with E-state index < -0.39 is 29.6 Å². The lowest BCUT2D eigenvalue weighted by Crippen LogP contribution is -2.30. The van der Waals surface area contributed by atoms with Crippen LogP contribution in [0.1, 0.15) is 17.3 Å². The first-order valence-corrected chi connectivity index (χ1v) is 6.97. The molecule has 120 valence electrons. The minimum Gasteiger partial charge on any atom is -0.449 e. The Labute approximate surface area is 136 Å². The topological polar surface area (TPSA) is 55.4 Å². The van der Waals surface area contributed by atoms with E-state index in [0.29, 0.717) is 0 Å². The summed E-state index contributed by atoms with van der Waals surface area (Å²) in [6.07, 6.45) is -1.19. The number of carbonyl (C=O) groups excluding carboxylic acids is 2. The molecule has 0 aliphatic rings. The van der Waals surface area contributed by atoms with Gasteiger partial charge in [0.15, 0.2) is 6.10 Å². The Morgan fingerprint density at radius 2 is 1.87 bits per heavy atom. The molecule has 0 aliphatic carbocycles. The van der Waals surface area contributed by atoms with E-state index in [0.717, 1.165) is 18.2 Å². The number of carbonyl (C=O) groups is 2. The van der Waals surface area contributed by atoms with Gasteiger partial charge in [0, 0.05) is 0 Å². The Bertz CT molecular complexity index is 752. The summed E-state index contributed by atoms with van der Waals surface area (Å²) in [6, 6.07) is 8.70. The number of hydrogen-bond donors (Lipinski definition) is 1. The minimum atomic E-state index is -1.19. The van der Waals surface area contributed by atoms with E-state index in [9.17, 15) is 18.4 Å². The van der Waals surface area contributed by atoms with Gasteiger partial charge in [-0.2, -0.15) is 0 Å². The largest absolute Gasteiger partial charge is 0.449 e. The summed E-state index contributed by atoms with van der Waals surface area (Å²) >= 11 is 5.79. The predicted molar refractivity (Wildman–Crippen MR) is 81.3 cm³/mol. The number of rotatable bonds is 4. The van der Waals surface area contributed by atoms with Crippen LogP contribution < -0.4 is 5.32 Å². The van der Waals surface area contributed by atoms with Crippen LogP contribution in [0.15, 0.2) is 42.5 Å². The van der Waals surface area contributed by atoms with Gasteiger partial charge in [-0.1, -0.05) is 23.7 Å². The third-order valence-electron chi connectivity index (χ3n) is 2.94. The summed E-state index contributed by atoms with van der Waals surface area (Å²) in [7, 11) is 0. The van der Waals surface area contributed by atoms with Gasteiger partial charge in [0.25, 0.3) is 5.91 Å². The van der Waals surface area contributed by atoms with E-state index in [1.54, 1.807) is 0 Å². The molecule has 0 bridgehead atoms. The molecule has 1 atom stereocenters. The zero-order valence-electron chi connectivity index (χ0n) is 12.0. The standard InChI is InChI=1S/C16H12ClF2NO3/c1-9(23-16(22)11-4-2-3-5-13(11)19)15(21)20-14-7-6-10(18)8-12(14)17/h2-9H,1H3,(H,20,21)/t9-/m0/s1. The summed E-state index contributed by atoms with van der Waals surface area (Å²) in [5, 5.41) is 2.41. The van der Waals surface area contributed by atoms with Crippen LogP contribution >= 0.6 is 11.6 Å². The second-order valence-corrected chi connectivity index (χ2v) is 5.05.